The third-order valence-corrected chi connectivity index (χ3v) is 5.79. The lowest BCUT2D eigenvalue weighted by atomic mass is 9.98. The number of nitrogens with one attached hydrogen (secondary N) is 2. The monoisotopic (exact) mass is 399 g/mol. The second-order valence-electron chi connectivity index (χ2n) is 6.23. The largest absolute Gasteiger partial charge is 0.341 e. The zero-order valence-electron chi connectivity index (χ0n) is 14.5. The Morgan fingerprint density at radius 2 is 1.89 bits per heavy atom. The first kappa shape index (κ1) is 19.4. The van der Waals surface area contributed by atoms with Gasteiger partial charge in [-0.25, -0.2) is 13.1 Å². The van der Waals surface area contributed by atoms with Crippen LogP contribution < -0.4 is 10.6 Å². The highest BCUT2D eigenvalue weighted by molar-refractivity contribution is 7.91. The van der Waals surface area contributed by atoms with Crippen molar-refractivity contribution in [3.8, 4) is 0 Å². The molecule has 1 aromatic carbocycles. The van der Waals surface area contributed by atoms with Gasteiger partial charge in [0.05, 0.1) is 4.90 Å². The van der Waals surface area contributed by atoms with Gasteiger partial charge in [0.2, 0.25) is 15.8 Å². The fourth-order valence-corrected chi connectivity index (χ4v) is 3.56. The molecule has 2 aromatic rings. The number of rotatable bonds is 5. The minimum Gasteiger partial charge on any atom is -0.317 e. The summed E-state index contributed by atoms with van der Waals surface area (Å²) in [6, 6.07) is 4.31. The summed E-state index contributed by atoms with van der Waals surface area (Å²) in [6.45, 7) is 1.77. The zero-order chi connectivity index (χ0) is 19.6. The number of carbonyl (C=O) groups is 1. The molecule has 8 nitrogen and oxygen atoms in total. The molecule has 1 aliphatic rings. The number of hydrogen-bond acceptors (Lipinski definition) is 6. The van der Waals surface area contributed by atoms with E-state index in [1.54, 1.807) is 7.05 Å². The Morgan fingerprint density at radius 1 is 1.26 bits per heavy atom. The van der Waals surface area contributed by atoms with Crippen molar-refractivity contribution in [1.29, 1.82) is 0 Å². The number of amides is 1. The zero-order valence-corrected chi connectivity index (χ0v) is 15.3. The molecule has 0 bridgehead atoms. The van der Waals surface area contributed by atoms with Gasteiger partial charge < -0.3 is 5.32 Å². The number of nitrogens with zero attached hydrogens (tertiary/aromatic N) is 3. The number of benzene rings is 1. The fourth-order valence-electron chi connectivity index (χ4n) is 2.84. The van der Waals surface area contributed by atoms with Gasteiger partial charge in [0.25, 0.3) is 5.91 Å². The highest BCUT2D eigenvalue weighted by Gasteiger charge is 2.27. The lowest BCUT2D eigenvalue weighted by molar-refractivity contribution is 0.102. The quantitative estimate of drug-likeness (QED) is 0.790. The van der Waals surface area contributed by atoms with Crippen LogP contribution >= 0.6 is 0 Å². The summed E-state index contributed by atoms with van der Waals surface area (Å²) >= 11 is 0. The molecular weight excluding hydrogens is 380 g/mol. The van der Waals surface area contributed by atoms with E-state index in [4.69, 9.17) is 0 Å². The van der Waals surface area contributed by atoms with Crippen molar-refractivity contribution in [2.75, 3.05) is 18.4 Å². The lowest BCUT2D eigenvalue weighted by Crippen LogP contribution is -2.27. The Labute approximate surface area is 154 Å². The third-order valence-electron chi connectivity index (χ3n) is 4.39. The number of aromatic nitrogens is 3. The van der Waals surface area contributed by atoms with Crippen molar-refractivity contribution in [1.82, 2.24) is 20.1 Å². The fraction of sp³-hybridized carbons (Fsp3) is 0.438. The topological polar surface area (TPSA) is 106 Å². The molecule has 146 valence electrons. The molecule has 0 spiro atoms. The van der Waals surface area contributed by atoms with Crippen molar-refractivity contribution < 1.29 is 22.0 Å². The first-order chi connectivity index (χ1) is 12.8. The summed E-state index contributed by atoms with van der Waals surface area (Å²) in [5.74, 6) is -2.90. The summed E-state index contributed by atoms with van der Waals surface area (Å²) in [4.78, 5) is 16.2. The van der Waals surface area contributed by atoms with E-state index >= 15 is 0 Å². The van der Waals surface area contributed by atoms with E-state index in [2.05, 4.69) is 20.7 Å². The van der Waals surface area contributed by atoms with Crippen molar-refractivity contribution in [2.45, 2.75) is 29.4 Å². The molecule has 1 amide bonds. The van der Waals surface area contributed by atoms with Gasteiger partial charge in [0.15, 0.2) is 5.82 Å². The SMILES string of the molecule is Cn1nc(C2CCNCC2)nc1NC(=O)c1ccc(S(=O)(=O)C(F)F)cc1. The van der Waals surface area contributed by atoms with E-state index in [-0.39, 0.29) is 17.4 Å². The molecular formula is C16H19F2N5O3S. The van der Waals surface area contributed by atoms with Crippen LogP contribution in [0.3, 0.4) is 0 Å². The van der Waals surface area contributed by atoms with Crippen LogP contribution in [-0.2, 0) is 16.9 Å². The van der Waals surface area contributed by atoms with Gasteiger partial charge in [-0.2, -0.15) is 18.9 Å². The minimum absolute atomic E-state index is 0.120. The average molecular weight is 399 g/mol. The molecule has 0 saturated carbocycles. The number of piperidine rings is 1. The van der Waals surface area contributed by atoms with Gasteiger partial charge in [-0.05, 0) is 50.2 Å². The van der Waals surface area contributed by atoms with E-state index in [1.165, 1.54) is 16.8 Å². The maximum Gasteiger partial charge on any atom is 0.341 e. The molecule has 0 atom stereocenters. The standard InChI is InChI=1S/C16H19F2N5O3S/c1-23-16(20-13(22-23)10-6-8-19-9-7-10)21-14(24)11-2-4-12(5-3-11)27(25,26)15(17)18/h2-5,10,15,19H,6-9H2,1H3,(H,20,21,22,24). The Hall–Kier alpha value is -2.40. The number of sulfone groups is 1. The molecule has 1 saturated heterocycles. The van der Waals surface area contributed by atoms with Crippen LogP contribution in [0.2, 0.25) is 0 Å². The molecule has 0 aliphatic carbocycles. The van der Waals surface area contributed by atoms with E-state index in [9.17, 15) is 22.0 Å². The summed E-state index contributed by atoms with van der Waals surface area (Å²) in [5, 5.41) is 10.2. The normalized spacial score (nSPS) is 15.9. The smallest absolute Gasteiger partial charge is 0.317 e. The van der Waals surface area contributed by atoms with Crippen LogP contribution in [0, 0.1) is 0 Å². The van der Waals surface area contributed by atoms with E-state index < -0.39 is 26.4 Å². The molecule has 27 heavy (non-hydrogen) atoms. The van der Waals surface area contributed by atoms with Crippen molar-refractivity contribution in [2.24, 2.45) is 7.05 Å². The summed E-state index contributed by atoms with van der Waals surface area (Å²) < 4.78 is 49.4. The van der Waals surface area contributed by atoms with E-state index in [0.29, 0.717) is 5.82 Å². The molecule has 0 radical (unpaired) electrons. The molecule has 1 aromatic heterocycles. The van der Waals surface area contributed by atoms with Crippen molar-refractivity contribution >= 4 is 21.7 Å². The van der Waals surface area contributed by atoms with Gasteiger partial charge >= 0.3 is 5.76 Å². The first-order valence-electron chi connectivity index (χ1n) is 8.34. The Balaban J connectivity index is 1.73. The highest BCUT2D eigenvalue weighted by Crippen LogP contribution is 2.23. The van der Waals surface area contributed by atoms with Gasteiger partial charge in [-0.1, -0.05) is 0 Å². The van der Waals surface area contributed by atoms with Crippen LogP contribution in [0.1, 0.15) is 34.9 Å². The molecule has 0 unspecified atom stereocenters. The molecule has 1 aliphatic heterocycles. The number of alkyl halides is 2. The van der Waals surface area contributed by atoms with Gasteiger partial charge in [-0.3, -0.25) is 10.1 Å². The average Bonchev–Trinajstić information content (AvgIpc) is 3.03. The second-order valence-corrected chi connectivity index (χ2v) is 8.14. The molecule has 11 heteroatoms. The number of aryl methyl sites for hydroxylation is 1. The molecule has 2 N–H and O–H groups in total. The van der Waals surface area contributed by atoms with Crippen LogP contribution in [0.25, 0.3) is 0 Å². The van der Waals surface area contributed by atoms with E-state index in [1.807, 2.05) is 0 Å². The maximum absolute atomic E-state index is 12.6. The molecule has 3 rings (SSSR count). The Kier molecular flexibility index (Phi) is 5.51. The third kappa shape index (κ3) is 4.14. The van der Waals surface area contributed by atoms with Gasteiger partial charge in [-0.15, -0.1) is 0 Å². The van der Waals surface area contributed by atoms with Crippen LogP contribution in [-0.4, -0.2) is 47.9 Å². The lowest BCUT2D eigenvalue weighted by Gasteiger charge is -2.19. The van der Waals surface area contributed by atoms with Crippen molar-refractivity contribution in [3.63, 3.8) is 0 Å². The highest BCUT2D eigenvalue weighted by atomic mass is 32.2. The minimum atomic E-state index is -4.69. The maximum atomic E-state index is 12.6. The van der Waals surface area contributed by atoms with Gasteiger partial charge in [0.1, 0.15) is 0 Å². The molecule has 2 heterocycles. The number of halogens is 2. The number of anilines is 1. The van der Waals surface area contributed by atoms with E-state index in [0.717, 1.165) is 38.1 Å². The van der Waals surface area contributed by atoms with Crippen molar-refractivity contribution in [3.05, 3.63) is 35.7 Å². The van der Waals surface area contributed by atoms with Gasteiger partial charge in [0, 0.05) is 18.5 Å². The summed E-state index contributed by atoms with van der Waals surface area (Å²) in [6.07, 6.45) is 1.83. The molecule has 1 fully saturated rings. The number of hydrogen-bond donors (Lipinski definition) is 2. The summed E-state index contributed by atoms with van der Waals surface area (Å²) in [7, 11) is -3.03. The van der Waals surface area contributed by atoms with Crippen LogP contribution in [0.4, 0.5) is 14.7 Å². The predicted molar refractivity (Wildman–Crippen MR) is 93.4 cm³/mol. The van der Waals surface area contributed by atoms with Crippen LogP contribution in [0.5, 0.6) is 0 Å². The predicted octanol–water partition coefficient (Wildman–Crippen LogP) is 1.53. The Bertz CT molecular complexity index is 922. The Morgan fingerprint density at radius 3 is 2.48 bits per heavy atom. The second kappa shape index (κ2) is 7.69. The van der Waals surface area contributed by atoms with Crippen LogP contribution in [0.15, 0.2) is 29.2 Å². The summed E-state index contributed by atoms with van der Waals surface area (Å²) in [5.41, 5.74) is 0.120. The number of carbonyl (C=O) groups excluding carboxylic acids is 1. The first-order valence-corrected chi connectivity index (χ1v) is 9.89.